The topological polar surface area (TPSA) is 103 Å². The van der Waals surface area contributed by atoms with E-state index in [1.54, 1.807) is 12.1 Å². The standard InChI is InChI=1S/C16H16N2O6/c1-22-13-7-11(8-14(23-2)16(13)24-3)17-9-10-5-4-6-12(15(10)19)18(20)21/h4-9,19H,1-3H3. The number of aromatic hydroxyl groups is 1. The summed E-state index contributed by atoms with van der Waals surface area (Å²) in [6, 6.07) is 7.43. The highest BCUT2D eigenvalue weighted by Gasteiger charge is 2.16. The van der Waals surface area contributed by atoms with Crippen molar-refractivity contribution in [1.29, 1.82) is 0 Å². The molecule has 0 saturated carbocycles. The van der Waals surface area contributed by atoms with Crippen LogP contribution < -0.4 is 14.2 Å². The number of benzene rings is 2. The molecule has 0 heterocycles. The Bertz CT molecular complexity index is 763. The maximum Gasteiger partial charge on any atom is 0.311 e. The molecule has 0 aromatic heterocycles. The van der Waals surface area contributed by atoms with Crippen molar-refractivity contribution < 1.29 is 24.2 Å². The first-order valence-electron chi connectivity index (χ1n) is 6.82. The number of ether oxygens (including phenoxy) is 3. The Balaban J connectivity index is 2.43. The van der Waals surface area contributed by atoms with E-state index in [1.807, 2.05) is 0 Å². The van der Waals surface area contributed by atoms with E-state index in [-0.39, 0.29) is 11.3 Å². The van der Waals surface area contributed by atoms with Crippen LogP contribution >= 0.6 is 0 Å². The van der Waals surface area contributed by atoms with Gasteiger partial charge in [0.1, 0.15) is 0 Å². The van der Waals surface area contributed by atoms with Crippen molar-refractivity contribution in [3.63, 3.8) is 0 Å². The van der Waals surface area contributed by atoms with Gasteiger partial charge in [0, 0.05) is 30.0 Å². The third-order valence-electron chi connectivity index (χ3n) is 3.24. The number of methoxy groups -OCH3 is 3. The lowest BCUT2D eigenvalue weighted by Gasteiger charge is -2.12. The second-order valence-corrected chi connectivity index (χ2v) is 4.61. The highest BCUT2D eigenvalue weighted by molar-refractivity contribution is 5.87. The summed E-state index contributed by atoms with van der Waals surface area (Å²) in [6.45, 7) is 0. The van der Waals surface area contributed by atoms with Gasteiger partial charge in [0.15, 0.2) is 11.5 Å². The number of aliphatic imine (C=N–C) groups is 1. The van der Waals surface area contributed by atoms with Crippen LogP contribution in [0.15, 0.2) is 35.3 Å². The third kappa shape index (κ3) is 3.37. The fraction of sp³-hybridized carbons (Fsp3) is 0.188. The Morgan fingerprint density at radius 2 is 1.75 bits per heavy atom. The summed E-state index contributed by atoms with van der Waals surface area (Å²) in [5.74, 6) is 0.829. The first-order valence-corrected chi connectivity index (χ1v) is 6.82. The van der Waals surface area contributed by atoms with Gasteiger partial charge in [0.25, 0.3) is 0 Å². The molecule has 0 aliphatic heterocycles. The van der Waals surface area contributed by atoms with E-state index in [1.165, 1.54) is 45.7 Å². The summed E-state index contributed by atoms with van der Waals surface area (Å²) in [4.78, 5) is 14.4. The minimum Gasteiger partial charge on any atom is -0.502 e. The molecule has 0 aliphatic carbocycles. The molecular weight excluding hydrogens is 316 g/mol. The number of para-hydroxylation sites is 1. The Morgan fingerprint density at radius 3 is 2.25 bits per heavy atom. The third-order valence-corrected chi connectivity index (χ3v) is 3.24. The molecule has 126 valence electrons. The van der Waals surface area contributed by atoms with Crippen LogP contribution in [-0.2, 0) is 0 Å². The summed E-state index contributed by atoms with van der Waals surface area (Å²) < 4.78 is 15.7. The summed E-state index contributed by atoms with van der Waals surface area (Å²) >= 11 is 0. The van der Waals surface area contributed by atoms with E-state index in [0.29, 0.717) is 22.9 Å². The van der Waals surface area contributed by atoms with Gasteiger partial charge in [0.05, 0.1) is 31.9 Å². The predicted molar refractivity (Wildman–Crippen MR) is 88.1 cm³/mol. The van der Waals surface area contributed by atoms with Crippen molar-refractivity contribution in [2.45, 2.75) is 0 Å². The summed E-state index contributed by atoms with van der Waals surface area (Å²) in [5.41, 5.74) is 0.303. The van der Waals surface area contributed by atoms with Crippen LogP contribution in [0.5, 0.6) is 23.0 Å². The lowest BCUT2D eigenvalue weighted by molar-refractivity contribution is -0.385. The largest absolute Gasteiger partial charge is 0.502 e. The van der Waals surface area contributed by atoms with Crippen molar-refractivity contribution in [1.82, 2.24) is 0 Å². The van der Waals surface area contributed by atoms with Gasteiger partial charge in [-0.15, -0.1) is 0 Å². The molecule has 8 nitrogen and oxygen atoms in total. The van der Waals surface area contributed by atoms with Crippen LogP contribution in [0.25, 0.3) is 0 Å². The van der Waals surface area contributed by atoms with Crippen LogP contribution in [0.2, 0.25) is 0 Å². The average molecular weight is 332 g/mol. The molecule has 0 aliphatic rings. The lowest BCUT2D eigenvalue weighted by Crippen LogP contribution is -1.94. The van der Waals surface area contributed by atoms with E-state index in [4.69, 9.17) is 14.2 Å². The molecule has 0 atom stereocenters. The zero-order valence-electron chi connectivity index (χ0n) is 13.3. The van der Waals surface area contributed by atoms with E-state index >= 15 is 0 Å². The quantitative estimate of drug-likeness (QED) is 0.495. The molecule has 0 unspecified atom stereocenters. The van der Waals surface area contributed by atoms with Crippen molar-refractivity contribution in [2.75, 3.05) is 21.3 Å². The van der Waals surface area contributed by atoms with Crippen LogP contribution in [0.3, 0.4) is 0 Å². The maximum absolute atomic E-state index is 10.8. The van der Waals surface area contributed by atoms with Gasteiger partial charge in [-0.05, 0) is 6.07 Å². The van der Waals surface area contributed by atoms with E-state index in [0.717, 1.165) is 0 Å². The zero-order chi connectivity index (χ0) is 17.7. The van der Waals surface area contributed by atoms with Crippen molar-refractivity contribution in [3.05, 3.63) is 46.0 Å². The first kappa shape index (κ1) is 17.1. The van der Waals surface area contributed by atoms with Gasteiger partial charge in [-0.1, -0.05) is 6.07 Å². The normalized spacial score (nSPS) is 10.6. The molecule has 8 heteroatoms. The summed E-state index contributed by atoms with van der Waals surface area (Å²) in [5, 5.41) is 20.8. The minimum atomic E-state index is -0.661. The lowest BCUT2D eigenvalue weighted by atomic mass is 10.2. The molecule has 0 radical (unpaired) electrons. The second-order valence-electron chi connectivity index (χ2n) is 4.61. The Morgan fingerprint density at radius 1 is 1.12 bits per heavy atom. The molecule has 0 bridgehead atoms. The molecule has 2 aromatic rings. The van der Waals surface area contributed by atoms with Gasteiger partial charge >= 0.3 is 5.69 Å². The van der Waals surface area contributed by atoms with Gasteiger partial charge in [-0.2, -0.15) is 0 Å². The number of hydrogen-bond donors (Lipinski definition) is 1. The Hall–Kier alpha value is -3.29. The van der Waals surface area contributed by atoms with Crippen LogP contribution in [0.4, 0.5) is 11.4 Å². The molecule has 0 spiro atoms. The Kier molecular flexibility index (Phi) is 5.20. The number of nitro groups is 1. The zero-order valence-corrected chi connectivity index (χ0v) is 13.3. The van der Waals surface area contributed by atoms with Crippen LogP contribution in [0, 0.1) is 10.1 Å². The minimum absolute atomic E-state index is 0.220. The van der Waals surface area contributed by atoms with Crippen LogP contribution in [0.1, 0.15) is 5.56 Å². The van der Waals surface area contributed by atoms with Gasteiger partial charge in [0.2, 0.25) is 11.5 Å². The maximum atomic E-state index is 10.8. The second kappa shape index (κ2) is 7.32. The number of phenolic OH excluding ortho intramolecular Hbond substituents is 1. The fourth-order valence-electron chi connectivity index (χ4n) is 2.09. The smallest absolute Gasteiger partial charge is 0.311 e. The number of nitro benzene ring substituents is 1. The van der Waals surface area contributed by atoms with E-state index in [2.05, 4.69) is 4.99 Å². The SMILES string of the molecule is COc1cc(N=Cc2cccc([N+](=O)[O-])c2O)cc(OC)c1OC. The predicted octanol–water partition coefficient (Wildman–Crippen LogP) is 3.08. The highest BCUT2D eigenvalue weighted by Crippen LogP contribution is 2.41. The van der Waals surface area contributed by atoms with Gasteiger partial charge in [-0.25, -0.2) is 0 Å². The number of rotatable bonds is 6. The van der Waals surface area contributed by atoms with Gasteiger partial charge < -0.3 is 19.3 Å². The molecule has 1 N–H and O–H groups in total. The molecule has 2 aromatic carbocycles. The highest BCUT2D eigenvalue weighted by atomic mass is 16.6. The van der Waals surface area contributed by atoms with E-state index in [9.17, 15) is 15.2 Å². The summed E-state index contributed by atoms with van der Waals surface area (Å²) in [7, 11) is 4.46. The molecule has 0 fully saturated rings. The van der Waals surface area contributed by atoms with Crippen molar-refractivity contribution in [3.8, 4) is 23.0 Å². The van der Waals surface area contributed by atoms with Crippen molar-refractivity contribution in [2.24, 2.45) is 4.99 Å². The van der Waals surface area contributed by atoms with E-state index < -0.39 is 10.7 Å². The fourth-order valence-corrected chi connectivity index (χ4v) is 2.09. The van der Waals surface area contributed by atoms with Gasteiger partial charge in [-0.3, -0.25) is 15.1 Å². The van der Waals surface area contributed by atoms with Crippen molar-refractivity contribution >= 4 is 17.6 Å². The Labute approximate surface area is 138 Å². The number of phenols is 1. The molecular formula is C16H16N2O6. The molecule has 0 saturated heterocycles. The summed E-state index contributed by atoms with van der Waals surface area (Å²) in [6.07, 6.45) is 1.32. The molecule has 0 amide bonds. The van der Waals surface area contributed by atoms with Crippen LogP contribution in [-0.4, -0.2) is 37.6 Å². The first-order chi connectivity index (χ1) is 11.5. The average Bonchev–Trinajstić information content (AvgIpc) is 2.59. The monoisotopic (exact) mass is 332 g/mol. The molecule has 2 rings (SSSR count). The number of hydrogen-bond acceptors (Lipinski definition) is 7. The number of nitrogens with zero attached hydrogens (tertiary/aromatic N) is 2. The molecule has 24 heavy (non-hydrogen) atoms.